The summed E-state index contributed by atoms with van der Waals surface area (Å²) in [6.07, 6.45) is 0.193. The minimum absolute atomic E-state index is 0.0369. The lowest BCUT2D eigenvalue weighted by atomic mass is 10.1. The molecule has 2 aromatic carbocycles. The van der Waals surface area contributed by atoms with Gasteiger partial charge in [0, 0.05) is 18.1 Å². The van der Waals surface area contributed by atoms with E-state index in [9.17, 15) is 14.9 Å². The van der Waals surface area contributed by atoms with E-state index in [1.807, 2.05) is 0 Å². The zero-order valence-electron chi connectivity index (χ0n) is 13.0. The molecule has 0 aliphatic carbocycles. The Morgan fingerprint density at radius 2 is 2.00 bits per heavy atom. The lowest BCUT2D eigenvalue weighted by Crippen LogP contribution is -2.17. The average molecular weight is 382 g/mol. The van der Waals surface area contributed by atoms with Crippen molar-refractivity contribution >= 4 is 40.7 Å². The number of nitrogens with zero attached hydrogens (tertiary/aromatic N) is 2. The van der Waals surface area contributed by atoms with Crippen molar-refractivity contribution in [3.63, 3.8) is 0 Å². The van der Waals surface area contributed by atoms with Gasteiger partial charge in [-0.2, -0.15) is 0 Å². The molecule has 0 aromatic heterocycles. The highest BCUT2D eigenvalue weighted by molar-refractivity contribution is 6.42. The van der Waals surface area contributed by atoms with Crippen LogP contribution in [0.1, 0.15) is 21.5 Å². The number of nitrogens with two attached hydrogens (primary N) is 1. The molecule has 130 valence electrons. The molecule has 0 saturated heterocycles. The number of carbonyl (C=O) groups is 1. The van der Waals surface area contributed by atoms with Crippen molar-refractivity contribution in [2.24, 2.45) is 10.9 Å². The number of oxime groups is 1. The minimum atomic E-state index is -0.835. The Kier molecular flexibility index (Phi) is 5.95. The largest absolute Gasteiger partial charge is 0.384 e. The van der Waals surface area contributed by atoms with Gasteiger partial charge in [0.2, 0.25) is 0 Å². The Bertz CT molecular complexity index is 868. The maximum absolute atomic E-state index is 12.0. The summed E-state index contributed by atoms with van der Waals surface area (Å²) in [6, 6.07) is 9.06. The number of hydrogen-bond acceptors (Lipinski definition) is 5. The first-order valence-electron chi connectivity index (χ1n) is 7.01. The second-order valence-corrected chi connectivity index (χ2v) is 5.91. The van der Waals surface area contributed by atoms with Gasteiger partial charge >= 0.3 is 5.97 Å². The zero-order chi connectivity index (χ0) is 18.6. The van der Waals surface area contributed by atoms with Crippen molar-refractivity contribution < 1.29 is 14.6 Å². The SMILES string of the molecule is Cc1c(C(=O)O/N=C(/N)Cc2ccc(Cl)c(Cl)c2)cccc1[N+](=O)[O-]. The van der Waals surface area contributed by atoms with Crippen LogP contribution in [0.5, 0.6) is 0 Å². The first-order chi connectivity index (χ1) is 11.8. The summed E-state index contributed by atoms with van der Waals surface area (Å²) >= 11 is 11.7. The molecular formula is C16H13Cl2N3O4. The van der Waals surface area contributed by atoms with Crippen LogP contribution in [0.2, 0.25) is 10.0 Å². The molecule has 0 unspecified atom stereocenters. The summed E-state index contributed by atoms with van der Waals surface area (Å²) in [6.45, 7) is 1.46. The first kappa shape index (κ1) is 18.7. The summed E-state index contributed by atoms with van der Waals surface area (Å²) in [7, 11) is 0. The average Bonchev–Trinajstić information content (AvgIpc) is 2.56. The van der Waals surface area contributed by atoms with Gasteiger partial charge in [-0.25, -0.2) is 4.79 Å². The van der Waals surface area contributed by atoms with Crippen molar-refractivity contribution in [2.45, 2.75) is 13.3 Å². The molecule has 0 aliphatic rings. The van der Waals surface area contributed by atoms with Crippen LogP contribution in [-0.2, 0) is 11.3 Å². The van der Waals surface area contributed by atoms with E-state index in [0.717, 1.165) is 5.56 Å². The predicted octanol–water partition coefficient (Wildman–Crippen LogP) is 3.88. The van der Waals surface area contributed by atoms with E-state index < -0.39 is 10.9 Å². The standard InChI is InChI=1S/C16H13Cl2N3O4/c1-9-11(3-2-4-14(9)21(23)24)16(22)25-20-15(19)8-10-5-6-12(17)13(18)7-10/h2-7H,8H2,1H3,(H2,19,20). The number of halogens is 2. The van der Waals surface area contributed by atoms with E-state index in [0.29, 0.717) is 10.0 Å². The van der Waals surface area contributed by atoms with Gasteiger partial charge in [-0.3, -0.25) is 10.1 Å². The number of nitro groups is 1. The fraction of sp³-hybridized carbons (Fsp3) is 0.125. The third-order valence-corrected chi connectivity index (χ3v) is 4.08. The van der Waals surface area contributed by atoms with Crippen LogP contribution in [0.25, 0.3) is 0 Å². The van der Waals surface area contributed by atoms with E-state index in [-0.39, 0.29) is 29.1 Å². The molecule has 0 heterocycles. The number of amidine groups is 1. The lowest BCUT2D eigenvalue weighted by molar-refractivity contribution is -0.385. The van der Waals surface area contributed by atoms with Crippen LogP contribution in [-0.4, -0.2) is 16.7 Å². The fourth-order valence-corrected chi connectivity index (χ4v) is 2.40. The van der Waals surface area contributed by atoms with E-state index in [1.165, 1.54) is 25.1 Å². The quantitative estimate of drug-likeness (QED) is 0.278. The van der Waals surface area contributed by atoms with E-state index >= 15 is 0 Å². The molecule has 2 aromatic rings. The molecule has 9 heteroatoms. The van der Waals surface area contributed by atoms with Crippen LogP contribution < -0.4 is 5.73 Å². The molecule has 0 spiro atoms. The number of hydrogen-bond donors (Lipinski definition) is 1. The number of nitro benzene ring substituents is 1. The molecule has 2 N–H and O–H groups in total. The smallest absolute Gasteiger partial charge is 0.366 e. The van der Waals surface area contributed by atoms with Crippen LogP contribution >= 0.6 is 23.2 Å². The lowest BCUT2D eigenvalue weighted by Gasteiger charge is -2.05. The number of rotatable bonds is 5. The number of carbonyl (C=O) groups excluding carboxylic acids is 1. The van der Waals surface area contributed by atoms with Crippen LogP contribution in [0.3, 0.4) is 0 Å². The fourth-order valence-electron chi connectivity index (χ4n) is 2.08. The molecule has 0 bridgehead atoms. The highest BCUT2D eigenvalue weighted by Gasteiger charge is 2.19. The molecule has 0 radical (unpaired) electrons. The van der Waals surface area contributed by atoms with E-state index in [4.69, 9.17) is 33.8 Å². The maximum atomic E-state index is 12.0. The first-order valence-corrected chi connectivity index (χ1v) is 7.76. The summed E-state index contributed by atoms with van der Waals surface area (Å²) in [5.41, 5.74) is 6.51. The van der Waals surface area contributed by atoms with Crippen LogP contribution in [0.4, 0.5) is 5.69 Å². The Balaban J connectivity index is 2.10. The van der Waals surface area contributed by atoms with E-state index in [2.05, 4.69) is 5.16 Å². The van der Waals surface area contributed by atoms with Gasteiger partial charge in [0.25, 0.3) is 5.69 Å². The van der Waals surface area contributed by atoms with Gasteiger partial charge in [0.05, 0.1) is 20.5 Å². The molecule has 7 nitrogen and oxygen atoms in total. The highest BCUT2D eigenvalue weighted by atomic mass is 35.5. The molecular weight excluding hydrogens is 369 g/mol. The monoisotopic (exact) mass is 381 g/mol. The molecule has 0 amide bonds. The van der Waals surface area contributed by atoms with E-state index in [1.54, 1.807) is 18.2 Å². The van der Waals surface area contributed by atoms with Gasteiger partial charge in [-0.15, -0.1) is 0 Å². The van der Waals surface area contributed by atoms with Crippen LogP contribution in [0.15, 0.2) is 41.6 Å². The summed E-state index contributed by atoms with van der Waals surface area (Å²) in [4.78, 5) is 27.2. The van der Waals surface area contributed by atoms with Gasteiger partial charge in [-0.05, 0) is 30.7 Å². The highest BCUT2D eigenvalue weighted by Crippen LogP contribution is 2.23. The van der Waals surface area contributed by atoms with Gasteiger partial charge in [-0.1, -0.05) is 40.5 Å². The minimum Gasteiger partial charge on any atom is -0.384 e. The van der Waals surface area contributed by atoms with Crippen molar-refractivity contribution in [1.29, 1.82) is 0 Å². The third kappa shape index (κ3) is 4.68. The number of benzene rings is 2. The maximum Gasteiger partial charge on any atom is 0.366 e. The topological polar surface area (TPSA) is 108 Å². The second-order valence-electron chi connectivity index (χ2n) is 5.09. The summed E-state index contributed by atoms with van der Waals surface area (Å²) < 4.78 is 0. The van der Waals surface area contributed by atoms with Gasteiger partial charge < -0.3 is 10.6 Å². The Morgan fingerprint density at radius 3 is 2.64 bits per heavy atom. The van der Waals surface area contributed by atoms with Crippen molar-refractivity contribution in [2.75, 3.05) is 0 Å². The van der Waals surface area contributed by atoms with Crippen molar-refractivity contribution in [3.8, 4) is 0 Å². The molecule has 2 rings (SSSR count). The molecule has 25 heavy (non-hydrogen) atoms. The van der Waals surface area contributed by atoms with Gasteiger partial charge in [0.15, 0.2) is 0 Å². The molecule has 0 aliphatic heterocycles. The van der Waals surface area contributed by atoms with Gasteiger partial charge in [0.1, 0.15) is 5.84 Å². The predicted molar refractivity (Wildman–Crippen MR) is 95.0 cm³/mol. The summed E-state index contributed by atoms with van der Waals surface area (Å²) in [5, 5.41) is 15.2. The third-order valence-electron chi connectivity index (χ3n) is 3.34. The van der Waals surface area contributed by atoms with Crippen molar-refractivity contribution in [3.05, 3.63) is 73.2 Å². The zero-order valence-corrected chi connectivity index (χ0v) is 14.5. The normalized spacial score (nSPS) is 11.2. The molecule has 0 saturated carbocycles. The molecule has 0 fully saturated rings. The van der Waals surface area contributed by atoms with Crippen LogP contribution in [0, 0.1) is 17.0 Å². The second kappa shape index (κ2) is 7.96. The summed E-state index contributed by atoms with van der Waals surface area (Å²) in [5.74, 6) is -0.798. The Hall–Kier alpha value is -2.64. The molecule has 0 atom stereocenters. The Labute approximate surface area is 153 Å². The van der Waals surface area contributed by atoms with Crippen molar-refractivity contribution in [1.82, 2.24) is 0 Å². The Morgan fingerprint density at radius 1 is 1.28 bits per heavy atom.